The van der Waals surface area contributed by atoms with Crippen LogP contribution in [0.3, 0.4) is 0 Å². The first-order valence-corrected chi connectivity index (χ1v) is 9.39. The van der Waals surface area contributed by atoms with Gasteiger partial charge in [0.25, 0.3) is 0 Å². The number of nitrogen functional groups attached to an aromatic ring is 1. The average molecular weight is 372 g/mol. The highest BCUT2D eigenvalue weighted by atomic mass is 15.1. The van der Waals surface area contributed by atoms with E-state index >= 15 is 0 Å². The lowest BCUT2D eigenvalue weighted by Gasteiger charge is -2.19. The number of hydrogen-bond donors (Lipinski definition) is 4. The summed E-state index contributed by atoms with van der Waals surface area (Å²) < 4.78 is 0. The first kappa shape index (κ1) is 18.0. The molecule has 28 heavy (non-hydrogen) atoms. The SMILES string of the molecule is CNc1cccc(C(=N)c2c(N)ncnc2NC2Cc3ccccc3C2)c1C. The second-order valence-electron chi connectivity index (χ2n) is 7.10. The molecule has 142 valence electrons. The maximum Gasteiger partial charge on any atom is 0.141 e. The van der Waals surface area contributed by atoms with Crippen molar-refractivity contribution in [2.75, 3.05) is 23.4 Å². The van der Waals surface area contributed by atoms with Crippen LogP contribution in [0.4, 0.5) is 17.3 Å². The summed E-state index contributed by atoms with van der Waals surface area (Å²) in [4.78, 5) is 8.57. The van der Waals surface area contributed by atoms with Crippen molar-refractivity contribution in [1.82, 2.24) is 9.97 Å². The fraction of sp³-hybridized carbons (Fsp3) is 0.227. The number of hydrogen-bond acceptors (Lipinski definition) is 6. The molecule has 0 atom stereocenters. The Morgan fingerprint density at radius 2 is 1.79 bits per heavy atom. The molecule has 4 rings (SSSR count). The van der Waals surface area contributed by atoms with E-state index in [1.807, 2.05) is 32.2 Å². The molecule has 5 N–H and O–H groups in total. The van der Waals surface area contributed by atoms with Gasteiger partial charge < -0.3 is 16.4 Å². The predicted molar refractivity (Wildman–Crippen MR) is 114 cm³/mol. The van der Waals surface area contributed by atoms with Gasteiger partial charge >= 0.3 is 0 Å². The highest BCUT2D eigenvalue weighted by molar-refractivity contribution is 6.17. The molecular weight excluding hydrogens is 348 g/mol. The predicted octanol–water partition coefficient (Wildman–Crippen LogP) is 3.40. The van der Waals surface area contributed by atoms with Gasteiger partial charge in [0.05, 0.1) is 11.3 Å². The molecule has 1 aliphatic rings. The van der Waals surface area contributed by atoms with E-state index in [2.05, 4.69) is 44.9 Å². The zero-order valence-electron chi connectivity index (χ0n) is 16.1. The number of rotatable bonds is 5. The van der Waals surface area contributed by atoms with Crippen LogP contribution < -0.4 is 16.4 Å². The minimum Gasteiger partial charge on any atom is -0.388 e. The average Bonchev–Trinajstić information content (AvgIpc) is 3.10. The zero-order valence-corrected chi connectivity index (χ0v) is 16.1. The molecule has 0 fully saturated rings. The van der Waals surface area contributed by atoms with Gasteiger partial charge in [0.1, 0.15) is 18.0 Å². The monoisotopic (exact) mass is 372 g/mol. The van der Waals surface area contributed by atoms with Gasteiger partial charge in [0.15, 0.2) is 0 Å². The molecule has 0 aliphatic heterocycles. The van der Waals surface area contributed by atoms with Crippen LogP contribution in [-0.2, 0) is 12.8 Å². The van der Waals surface area contributed by atoms with Crippen molar-refractivity contribution in [3.8, 4) is 0 Å². The second-order valence-corrected chi connectivity index (χ2v) is 7.10. The quantitative estimate of drug-likeness (QED) is 0.514. The van der Waals surface area contributed by atoms with Gasteiger partial charge in [-0.15, -0.1) is 0 Å². The fourth-order valence-electron chi connectivity index (χ4n) is 3.92. The first-order chi connectivity index (χ1) is 13.6. The van der Waals surface area contributed by atoms with Crippen LogP contribution in [0.1, 0.15) is 27.8 Å². The molecule has 0 spiro atoms. The van der Waals surface area contributed by atoms with Crippen LogP contribution in [0.5, 0.6) is 0 Å². The van der Waals surface area contributed by atoms with Gasteiger partial charge in [-0.25, -0.2) is 9.97 Å². The van der Waals surface area contributed by atoms with Crippen molar-refractivity contribution < 1.29 is 0 Å². The van der Waals surface area contributed by atoms with Gasteiger partial charge in [-0.1, -0.05) is 36.4 Å². The largest absolute Gasteiger partial charge is 0.388 e. The number of aromatic nitrogens is 2. The minimum atomic E-state index is 0.225. The Balaban J connectivity index is 1.67. The van der Waals surface area contributed by atoms with Crippen molar-refractivity contribution in [2.24, 2.45) is 0 Å². The van der Waals surface area contributed by atoms with Crippen molar-refractivity contribution in [3.05, 3.63) is 76.6 Å². The molecule has 0 unspecified atom stereocenters. The van der Waals surface area contributed by atoms with Gasteiger partial charge in [0.2, 0.25) is 0 Å². The Labute approximate surface area is 164 Å². The lowest BCUT2D eigenvalue weighted by Crippen LogP contribution is -2.23. The molecule has 3 aromatic rings. The van der Waals surface area contributed by atoms with E-state index in [9.17, 15) is 0 Å². The molecule has 2 aromatic carbocycles. The molecule has 0 saturated carbocycles. The molecule has 1 aliphatic carbocycles. The number of fused-ring (bicyclic) bond motifs is 1. The summed E-state index contributed by atoms with van der Waals surface area (Å²) in [5, 5.41) is 15.5. The van der Waals surface area contributed by atoms with Crippen LogP contribution in [-0.4, -0.2) is 28.8 Å². The Morgan fingerprint density at radius 1 is 1.07 bits per heavy atom. The van der Waals surface area contributed by atoms with Gasteiger partial charge in [-0.3, -0.25) is 5.41 Å². The van der Waals surface area contributed by atoms with Crippen molar-refractivity contribution in [2.45, 2.75) is 25.8 Å². The summed E-state index contributed by atoms with van der Waals surface area (Å²) in [6.45, 7) is 2.00. The van der Waals surface area contributed by atoms with Gasteiger partial charge in [-0.05, 0) is 42.5 Å². The molecular formula is C22H24N6. The summed E-state index contributed by atoms with van der Waals surface area (Å²) in [6.07, 6.45) is 3.32. The van der Waals surface area contributed by atoms with E-state index in [1.165, 1.54) is 17.5 Å². The van der Waals surface area contributed by atoms with Gasteiger partial charge in [0, 0.05) is 24.3 Å². The topological polar surface area (TPSA) is 99.7 Å². The number of nitrogens with two attached hydrogens (primary N) is 1. The first-order valence-electron chi connectivity index (χ1n) is 9.39. The van der Waals surface area contributed by atoms with Gasteiger partial charge in [-0.2, -0.15) is 0 Å². The number of nitrogens with zero attached hydrogens (tertiary/aromatic N) is 2. The number of anilines is 3. The van der Waals surface area contributed by atoms with Crippen LogP contribution in [0.25, 0.3) is 0 Å². The Morgan fingerprint density at radius 3 is 2.46 bits per heavy atom. The third-order valence-corrected chi connectivity index (χ3v) is 5.39. The van der Waals surface area contributed by atoms with Crippen LogP contribution >= 0.6 is 0 Å². The highest BCUT2D eigenvalue weighted by Crippen LogP contribution is 2.29. The smallest absolute Gasteiger partial charge is 0.141 e. The van der Waals surface area contributed by atoms with E-state index in [0.29, 0.717) is 22.9 Å². The fourth-order valence-corrected chi connectivity index (χ4v) is 3.92. The Bertz CT molecular complexity index is 1020. The highest BCUT2D eigenvalue weighted by Gasteiger charge is 2.24. The molecule has 6 nitrogen and oxygen atoms in total. The molecule has 0 bridgehead atoms. The van der Waals surface area contributed by atoms with Crippen LogP contribution in [0.15, 0.2) is 48.8 Å². The summed E-state index contributed by atoms with van der Waals surface area (Å²) >= 11 is 0. The Hall–Kier alpha value is -3.41. The third kappa shape index (κ3) is 3.17. The summed E-state index contributed by atoms with van der Waals surface area (Å²) in [5.74, 6) is 0.928. The molecule has 1 heterocycles. The van der Waals surface area contributed by atoms with Crippen LogP contribution in [0.2, 0.25) is 0 Å². The van der Waals surface area contributed by atoms with E-state index in [0.717, 1.165) is 29.7 Å². The van der Waals surface area contributed by atoms with E-state index < -0.39 is 0 Å². The number of benzene rings is 2. The third-order valence-electron chi connectivity index (χ3n) is 5.39. The maximum atomic E-state index is 8.84. The summed E-state index contributed by atoms with van der Waals surface area (Å²) in [7, 11) is 1.88. The van der Waals surface area contributed by atoms with E-state index in [1.54, 1.807) is 0 Å². The van der Waals surface area contributed by atoms with Crippen molar-refractivity contribution in [3.63, 3.8) is 0 Å². The van der Waals surface area contributed by atoms with Crippen LogP contribution in [0, 0.1) is 12.3 Å². The minimum absolute atomic E-state index is 0.225. The maximum absolute atomic E-state index is 8.84. The molecule has 0 amide bonds. The summed E-state index contributed by atoms with van der Waals surface area (Å²) in [5.41, 5.74) is 12.6. The lowest BCUT2D eigenvalue weighted by molar-refractivity contribution is 0.767. The molecule has 0 saturated heterocycles. The second kappa shape index (κ2) is 7.31. The standard InChI is InChI=1S/C22H24N6/c1-13-17(8-5-9-18(13)25-2)20(23)19-21(24)26-12-27-22(19)28-16-10-14-6-3-4-7-15(14)11-16/h3-9,12,16,23,25H,10-11H2,1-2H3,(H3,24,26,27,28). The zero-order chi connectivity index (χ0) is 19.7. The summed E-state index contributed by atoms with van der Waals surface area (Å²) in [6, 6.07) is 14.6. The molecule has 1 aromatic heterocycles. The van der Waals surface area contributed by atoms with E-state index in [4.69, 9.17) is 11.1 Å². The normalized spacial score (nSPS) is 13.2. The lowest BCUT2D eigenvalue weighted by atomic mass is 9.97. The van der Waals surface area contributed by atoms with Crippen molar-refractivity contribution in [1.29, 1.82) is 5.41 Å². The molecule has 6 heteroatoms. The Kier molecular flexibility index (Phi) is 4.69. The molecule has 0 radical (unpaired) electrons. The van der Waals surface area contributed by atoms with Crippen molar-refractivity contribution >= 4 is 23.0 Å². The number of nitrogens with one attached hydrogen (secondary N) is 3. The van der Waals surface area contributed by atoms with E-state index in [-0.39, 0.29) is 6.04 Å².